The molecule has 1 atom stereocenters. The van der Waals surface area contributed by atoms with Crippen LogP contribution in [0.4, 0.5) is 5.69 Å². The van der Waals surface area contributed by atoms with E-state index in [2.05, 4.69) is 6.92 Å². The Kier molecular flexibility index (Phi) is 6.99. The number of aryl methyl sites for hydroxylation is 1. The summed E-state index contributed by atoms with van der Waals surface area (Å²) in [6.45, 7) is 4.78. The molecule has 1 aromatic heterocycles. The maximum absolute atomic E-state index is 13.8. The lowest BCUT2D eigenvalue weighted by Gasteiger charge is -2.25. The molecule has 1 aliphatic rings. The number of fused-ring (bicyclic) bond motifs is 2. The van der Waals surface area contributed by atoms with Crippen LogP contribution in [-0.2, 0) is 0 Å². The molecule has 0 bridgehead atoms. The molecule has 0 N–H and O–H groups in total. The zero-order valence-corrected chi connectivity index (χ0v) is 21.5. The van der Waals surface area contributed by atoms with Gasteiger partial charge in [-0.3, -0.25) is 14.5 Å². The molecule has 37 heavy (non-hydrogen) atoms. The van der Waals surface area contributed by atoms with Crippen LogP contribution in [0.25, 0.3) is 11.0 Å². The fourth-order valence-electron chi connectivity index (χ4n) is 4.89. The summed E-state index contributed by atoms with van der Waals surface area (Å²) in [6, 6.07) is 19.7. The monoisotopic (exact) mass is 497 g/mol. The molecule has 2 heterocycles. The number of rotatable bonds is 9. The molecule has 0 spiro atoms. The van der Waals surface area contributed by atoms with Gasteiger partial charge in [-0.2, -0.15) is 0 Å². The topological polar surface area (TPSA) is 69.0 Å². The minimum absolute atomic E-state index is 0.0745. The molecule has 6 nitrogen and oxygen atoms in total. The van der Waals surface area contributed by atoms with Crippen LogP contribution in [0.2, 0.25) is 0 Å². The summed E-state index contributed by atoms with van der Waals surface area (Å²) in [7, 11) is 1.58. The van der Waals surface area contributed by atoms with Crippen molar-refractivity contribution in [1.29, 1.82) is 0 Å². The maximum Gasteiger partial charge on any atom is 0.295 e. The molecule has 0 saturated heterocycles. The first-order valence-electron chi connectivity index (χ1n) is 12.8. The number of ether oxygens (including phenoxy) is 2. The van der Waals surface area contributed by atoms with Crippen molar-refractivity contribution in [2.75, 3.05) is 18.6 Å². The molecule has 0 radical (unpaired) electrons. The number of methoxy groups -OCH3 is 1. The number of hydrogen-bond acceptors (Lipinski definition) is 5. The number of carbonyl (C=O) groups is 1. The molecule has 0 aliphatic carbocycles. The average molecular weight is 498 g/mol. The van der Waals surface area contributed by atoms with Crippen LogP contribution in [-0.4, -0.2) is 19.6 Å². The molecule has 0 saturated carbocycles. The van der Waals surface area contributed by atoms with E-state index in [1.54, 1.807) is 24.1 Å². The van der Waals surface area contributed by atoms with E-state index in [4.69, 9.17) is 13.9 Å². The Bertz CT molecular complexity index is 1490. The van der Waals surface area contributed by atoms with Gasteiger partial charge in [0.2, 0.25) is 5.76 Å². The van der Waals surface area contributed by atoms with E-state index in [9.17, 15) is 9.59 Å². The lowest BCUT2D eigenvalue weighted by atomic mass is 9.97. The number of hydrogen-bond donors (Lipinski definition) is 0. The Morgan fingerprint density at radius 1 is 0.919 bits per heavy atom. The van der Waals surface area contributed by atoms with Gasteiger partial charge in [-0.25, -0.2) is 0 Å². The van der Waals surface area contributed by atoms with Crippen LogP contribution in [0.5, 0.6) is 11.5 Å². The standard InChI is InChI=1S/C31H31NO5/c1-4-5-6-7-17-36-23-14-12-21(13-15-23)28-27-29(33)25-18-20(2)11-16-26(25)37-30(27)31(34)32(28)22-9-8-10-24(19-22)35-3/h8-16,18-19,28H,4-7,17H2,1-3H3. The number of amides is 1. The zero-order chi connectivity index (χ0) is 25.9. The van der Waals surface area contributed by atoms with Gasteiger partial charge in [0.05, 0.1) is 30.7 Å². The van der Waals surface area contributed by atoms with Crippen molar-refractivity contribution in [2.45, 2.75) is 45.6 Å². The second kappa shape index (κ2) is 10.5. The first kappa shape index (κ1) is 24.6. The molecule has 0 fully saturated rings. The van der Waals surface area contributed by atoms with Crippen molar-refractivity contribution in [3.63, 3.8) is 0 Å². The number of unbranched alkanes of at least 4 members (excludes halogenated alkanes) is 3. The zero-order valence-electron chi connectivity index (χ0n) is 21.5. The predicted molar refractivity (Wildman–Crippen MR) is 145 cm³/mol. The van der Waals surface area contributed by atoms with Crippen molar-refractivity contribution in [3.05, 3.63) is 99.4 Å². The third kappa shape index (κ3) is 4.71. The van der Waals surface area contributed by atoms with E-state index in [-0.39, 0.29) is 17.1 Å². The highest BCUT2D eigenvalue weighted by atomic mass is 16.5. The van der Waals surface area contributed by atoms with Gasteiger partial charge in [-0.15, -0.1) is 0 Å². The number of anilines is 1. The Hall–Kier alpha value is -4.06. The summed E-state index contributed by atoms with van der Waals surface area (Å²) in [5, 5.41) is 0.469. The minimum Gasteiger partial charge on any atom is -0.497 e. The Morgan fingerprint density at radius 3 is 2.49 bits per heavy atom. The Labute approximate surface area is 216 Å². The molecule has 4 aromatic rings. The van der Waals surface area contributed by atoms with E-state index >= 15 is 0 Å². The lowest BCUT2D eigenvalue weighted by Crippen LogP contribution is -2.29. The summed E-state index contributed by atoms with van der Waals surface area (Å²) in [6.07, 6.45) is 4.54. The molecule has 1 aliphatic heterocycles. The van der Waals surface area contributed by atoms with Crippen LogP contribution < -0.4 is 19.8 Å². The predicted octanol–water partition coefficient (Wildman–Crippen LogP) is 6.82. The average Bonchev–Trinajstić information content (AvgIpc) is 3.21. The largest absolute Gasteiger partial charge is 0.497 e. The van der Waals surface area contributed by atoms with E-state index in [0.29, 0.717) is 34.6 Å². The van der Waals surface area contributed by atoms with Gasteiger partial charge in [-0.1, -0.05) is 56.0 Å². The van der Waals surface area contributed by atoms with E-state index in [1.807, 2.05) is 61.5 Å². The second-order valence-electron chi connectivity index (χ2n) is 9.43. The van der Waals surface area contributed by atoms with Gasteiger partial charge in [-0.05, 0) is 55.3 Å². The number of carbonyl (C=O) groups excluding carboxylic acids is 1. The van der Waals surface area contributed by atoms with Crippen LogP contribution in [0.1, 0.15) is 65.9 Å². The first-order chi connectivity index (χ1) is 18.0. The smallest absolute Gasteiger partial charge is 0.295 e. The SMILES string of the molecule is CCCCCCOc1ccc(C2c3c(oc4ccc(C)cc4c3=O)C(=O)N2c2cccc(OC)c2)cc1. The third-order valence-corrected chi connectivity index (χ3v) is 6.82. The highest BCUT2D eigenvalue weighted by Gasteiger charge is 2.43. The second-order valence-corrected chi connectivity index (χ2v) is 9.43. The van der Waals surface area contributed by atoms with Crippen molar-refractivity contribution in [3.8, 4) is 11.5 Å². The van der Waals surface area contributed by atoms with Gasteiger partial charge in [0.25, 0.3) is 5.91 Å². The van der Waals surface area contributed by atoms with Crippen molar-refractivity contribution in [1.82, 2.24) is 0 Å². The van der Waals surface area contributed by atoms with Crippen LogP contribution in [0.3, 0.4) is 0 Å². The number of benzene rings is 3. The fraction of sp³-hybridized carbons (Fsp3) is 0.290. The lowest BCUT2D eigenvalue weighted by molar-refractivity contribution is 0.0971. The van der Waals surface area contributed by atoms with Gasteiger partial charge in [0, 0.05) is 11.8 Å². The van der Waals surface area contributed by atoms with E-state index in [0.717, 1.165) is 29.7 Å². The van der Waals surface area contributed by atoms with E-state index < -0.39 is 6.04 Å². The molecule has 6 heteroatoms. The summed E-state index contributed by atoms with van der Waals surface area (Å²) in [5.41, 5.74) is 2.93. The molecule has 1 unspecified atom stereocenters. The Balaban J connectivity index is 1.58. The summed E-state index contributed by atoms with van der Waals surface area (Å²) < 4.78 is 17.4. The van der Waals surface area contributed by atoms with Crippen LogP contribution >= 0.6 is 0 Å². The van der Waals surface area contributed by atoms with E-state index in [1.165, 1.54) is 12.8 Å². The van der Waals surface area contributed by atoms with Gasteiger partial charge in [0.1, 0.15) is 17.1 Å². The molecule has 190 valence electrons. The molecule has 5 rings (SSSR count). The minimum atomic E-state index is -0.644. The van der Waals surface area contributed by atoms with Crippen LogP contribution in [0, 0.1) is 6.92 Å². The van der Waals surface area contributed by atoms with Gasteiger partial charge in [0.15, 0.2) is 5.43 Å². The molecular formula is C31H31NO5. The quantitative estimate of drug-likeness (QED) is 0.237. The van der Waals surface area contributed by atoms with Crippen LogP contribution in [0.15, 0.2) is 75.9 Å². The van der Waals surface area contributed by atoms with Crippen molar-refractivity contribution < 1.29 is 18.7 Å². The van der Waals surface area contributed by atoms with Gasteiger partial charge >= 0.3 is 0 Å². The van der Waals surface area contributed by atoms with Crippen molar-refractivity contribution >= 4 is 22.6 Å². The number of nitrogens with zero attached hydrogens (tertiary/aromatic N) is 1. The highest BCUT2D eigenvalue weighted by Crippen LogP contribution is 2.42. The molecule has 1 amide bonds. The Morgan fingerprint density at radius 2 is 1.73 bits per heavy atom. The third-order valence-electron chi connectivity index (χ3n) is 6.82. The van der Waals surface area contributed by atoms with Gasteiger partial charge < -0.3 is 13.9 Å². The van der Waals surface area contributed by atoms with Crippen molar-refractivity contribution in [2.24, 2.45) is 0 Å². The normalized spacial score (nSPS) is 14.7. The maximum atomic E-state index is 13.8. The molecule has 3 aromatic carbocycles. The molecular weight excluding hydrogens is 466 g/mol. The summed E-state index contributed by atoms with van der Waals surface area (Å²) in [4.78, 5) is 29.2. The first-order valence-corrected chi connectivity index (χ1v) is 12.8. The summed E-state index contributed by atoms with van der Waals surface area (Å²) >= 11 is 0. The highest BCUT2D eigenvalue weighted by molar-refractivity contribution is 6.10. The fourth-order valence-corrected chi connectivity index (χ4v) is 4.89. The summed E-state index contributed by atoms with van der Waals surface area (Å²) in [5.74, 6) is 1.10.